The van der Waals surface area contributed by atoms with Crippen LogP contribution in [-0.2, 0) is 28.2 Å². The molecule has 0 aromatic carbocycles. The predicted molar refractivity (Wildman–Crippen MR) is 234 cm³/mol. The second-order valence-corrected chi connectivity index (χ2v) is 15.5. The minimum atomic E-state index is -4.78. The number of esters is 2. The molecule has 9 heteroatoms. The lowest BCUT2D eigenvalue weighted by molar-refractivity contribution is -0.161. The highest BCUT2D eigenvalue weighted by Crippen LogP contribution is 2.36. The molecule has 0 rings (SSSR count). The number of rotatable bonds is 39. The molecule has 0 bridgehead atoms. The molecule has 0 aromatic rings. The highest BCUT2D eigenvalue weighted by atomic mass is 31.2. The van der Waals surface area contributed by atoms with Crippen LogP contribution in [0.5, 0.6) is 0 Å². The molecular weight excluding hydrogens is 723 g/mol. The zero-order valence-corrected chi connectivity index (χ0v) is 36.1. The Labute approximate surface area is 342 Å². The number of carbonyl (C=O) groups excluding carboxylic acids is 2. The average molecular weight is 803 g/mol. The smallest absolute Gasteiger partial charge is 0.462 e. The van der Waals surface area contributed by atoms with Crippen molar-refractivity contribution in [3.63, 3.8) is 0 Å². The van der Waals surface area contributed by atoms with Gasteiger partial charge in [-0.05, 0) is 89.9 Å². The van der Waals surface area contributed by atoms with Crippen LogP contribution in [0.3, 0.4) is 0 Å². The number of unbranched alkanes of at least 4 members (excludes halogenated alkanes) is 15. The van der Waals surface area contributed by atoms with Crippen molar-refractivity contribution < 1.29 is 37.9 Å². The molecule has 0 radical (unpaired) electrons. The maximum absolute atomic E-state index is 12.4. The van der Waals surface area contributed by atoms with Crippen molar-refractivity contribution >= 4 is 19.8 Å². The summed E-state index contributed by atoms with van der Waals surface area (Å²) in [7, 11) is -4.78. The molecular formula is C47H79O8P. The summed E-state index contributed by atoms with van der Waals surface area (Å²) in [6, 6.07) is 0. The summed E-state index contributed by atoms with van der Waals surface area (Å²) in [5.41, 5.74) is 0. The van der Waals surface area contributed by atoms with Crippen LogP contribution in [0.4, 0.5) is 0 Å². The van der Waals surface area contributed by atoms with Gasteiger partial charge in [0.15, 0.2) is 6.10 Å². The molecule has 320 valence electrons. The fourth-order valence-corrected chi connectivity index (χ4v) is 5.97. The van der Waals surface area contributed by atoms with Gasteiger partial charge in [-0.1, -0.05) is 163 Å². The lowest BCUT2D eigenvalue weighted by atomic mass is 10.1. The van der Waals surface area contributed by atoms with Crippen molar-refractivity contribution in [1.29, 1.82) is 0 Å². The van der Waals surface area contributed by atoms with Gasteiger partial charge < -0.3 is 19.3 Å². The monoisotopic (exact) mass is 803 g/mol. The lowest BCUT2D eigenvalue weighted by Gasteiger charge is -2.18. The Kier molecular flexibility index (Phi) is 39.8. The second kappa shape index (κ2) is 41.9. The van der Waals surface area contributed by atoms with E-state index >= 15 is 0 Å². The Hall–Kier alpha value is -2.77. The van der Waals surface area contributed by atoms with Gasteiger partial charge in [0.05, 0.1) is 6.61 Å². The van der Waals surface area contributed by atoms with Gasteiger partial charge in [-0.3, -0.25) is 14.1 Å². The number of hydrogen-bond donors (Lipinski definition) is 2. The van der Waals surface area contributed by atoms with Crippen LogP contribution in [0.25, 0.3) is 0 Å². The van der Waals surface area contributed by atoms with Crippen LogP contribution in [0, 0.1) is 0 Å². The Morgan fingerprint density at radius 3 is 1.29 bits per heavy atom. The van der Waals surface area contributed by atoms with E-state index in [-0.39, 0.29) is 19.4 Å². The van der Waals surface area contributed by atoms with Crippen LogP contribution in [0.2, 0.25) is 0 Å². The Bertz CT molecular complexity index is 1180. The molecule has 0 saturated heterocycles. The minimum absolute atomic E-state index is 0.127. The van der Waals surface area contributed by atoms with E-state index in [0.29, 0.717) is 19.3 Å². The molecule has 56 heavy (non-hydrogen) atoms. The van der Waals surface area contributed by atoms with E-state index in [1.54, 1.807) is 0 Å². The third kappa shape index (κ3) is 44.0. The Balaban J connectivity index is 4.07. The van der Waals surface area contributed by atoms with Gasteiger partial charge in [-0.25, -0.2) is 4.57 Å². The summed E-state index contributed by atoms with van der Waals surface area (Å²) >= 11 is 0. The summed E-state index contributed by atoms with van der Waals surface area (Å²) in [6.07, 6.45) is 56.0. The van der Waals surface area contributed by atoms with E-state index in [1.165, 1.54) is 77.0 Å². The van der Waals surface area contributed by atoms with Crippen LogP contribution >= 0.6 is 7.82 Å². The maximum Gasteiger partial charge on any atom is 0.469 e. The van der Waals surface area contributed by atoms with Gasteiger partial charge in [0.25, 0.3) is 0 Å². The highest BCUT2D eigenvalue weighted by molar-refractivity contribution is 7.46. The van der Waals surface area contributed by atoms with E-state index in [0.717, 1.165) is 57.8 Å². The summed E-state index contributed by atoms with van der Waals surface area (Å²) in [4.78, 5) is 42.9. The second-order valence-electron chi connectivity index (χ2n) is 14.3. The number of allylic oxidation sites excluding steroid dienone is 14. The summed E-state index contributed by atoms with van der Waals surface area (Å²) in [5.74, 6) is -0.982. The van der Waals surface area contributed by atoms with Gasteiger partial charge in [-0.15, -0.1) is 0 Å². The number of phosphoric acid groups is 1. The lowest BCUT2D eigenvalue weighted by Crippen LogP contribution is -2.29. The first-order chi connectivity index (χ1) is 27.3. The van der Waals surface area contributed by atoms with E-state index in [2.05, 4.69) is 97.4 Å². The number of carbonyl (C=O) groups is 2. The largest absolute Gasteiger partial charge is 0.469 e. The van der Waals surface area contributed by atoms with Crippen molar-refractivity contribution in [2.24, 2.45) is 0 Å². The molecule has 0 spiro atoms. The molecule has 0 aliphatic carbocycles. The van der Waals surface area contributed by atoms with Crippen molar-refractivity contribution in [2.75, 3.05) is 13.2 Å². The number of ether oxygens (including phenoxy) is 2. The average Bonchev–Trinajstić information content (AvgIpc) is 3.17. The van der Waals surface area contributed by atoms with Gasteiger partial charge in [0.1, 0.15) is 6.61 Å². The fraction of sp³-hybridized carbons (Fsp3) is 0.660. The molecule has 0 aliphatic heterocycles. The standard InChI is InChI=1S/C47H79O8P/c1-3-5-7-9-11-13-15-17-19-21-22-23-24-26-28-30-32-34-36-38-40-42-47(49)55-45(44-54-56(50,51)52)43-53-46(48)41-39-37-35-33-31-29-27-25-20-18-16-14-12-10-8-6-4-2/h12,14,18-21,23-24,27-30,34,36,45H,3-11,13,15-17,22,25-26,31-33,35,37-44H2,1-2H3,(H2,50,51,52)/b14-12+,20-18+,21-19+,24-23+,29-27+,30-28+,36-34+/t45-/m1/s1. The van der Waals surface area contributed by atoms with E-state index < -0.39 is 32.5 Å². The Morgan fingerprint density at radius 2 is 0.821 bits per heavy atom. The predicted octanol–water partition coefficient (Wildman–Crippen LogP) is 13.6. The van der Waals surface area contributed by atoms with Gasteiger partial charge in [0, 0.05) is 12.8 Å². The topological polar surface area (TPSA) is 119 Å². The van der Waals surface area contributed by atoms with Crippen LogP contribution in [0.15, 0.2) is 85.1 Å². The number of phosphoric ester groups is 1. The normalized spacial score (nSPS) is 13.3. The summed E-state index contributed by atoms with van der Waals surface area (Å²) in [6.45, 7) is 3.59. The third-order valence-electron chi connectivity index (χ3n) is 8.89. The molecule has 0 aromatic heterocycles. The third-order valence-corrected chi connectivity index (χ3v) is 9.37. The van der Waals surface area contributed by atoms with Crippen molar-refractivity contribution in [1.82, 2.24) is 0 Å². The van der Waals surface area contributed by atoms with Crippen molar-refractivity contribution in [2.45, 2.75) is 187 Å². The molecule has 8 nitrogen and oxygen atoms in total. The van der Waals surface area contributed by atoms with Crippen LogP contribution < -0.4 is 0 Å². The highest BCUT2D eigenvalue weighted by Gasteiger charge is 2.22. The first-order valence-corrected chi connectivity index (χ1v) is 23.4. The van der Waals surface area contributed by atoms with Crippen molar-refractivity contribution in [3.8, 4) is 0 Å². The van der Waals surface area contributed by atoms with E-state index in [1.807, 2.05) is 6.08 Å². The molecule has 0 unspecified atom stereocenters. The molecule has 0 aliphatic rings. The van der Waals surface area contributed by atoms with Gasteiger partial charge >= 0.3 is 19.8 Å². The summed E-state index contributed by atoms with van der Waals surface area (Å²) < 4.78 is 26.3. The van der Waals surface area contributed by atoms with Gasteiger partial charge in [-0.2, -0.15) is 0 Å². The van der Waals surface area contributed by atoms with Crippen molar-refractivity contribution in [3.05, 3.63) is 85.1 Å². The summed E-state index contributed by atoms with van der Waals surface area (Å²) in [5, 5.41) is 0. The Morgan fingerprint density at radius 1 is 0.464 bits per heavy atom. The SMILES string of the molecule is CCCCC/C=C/C/C=C/C/C=C/CCCCCCC(=O)OC[C@H](COP(=O)(O)O)OC(=O)CCC/C=C/C/C=C/C/C=C/C/C=C/CCCCCCCCC. The quantitative estimate of drug-likeness (QED) is 0.0273. The molecule has 0 amide bonds. The maximum atomic E-state index is 12.4. The molecule has 2 N–H and O–H groups in total. The van der Waals surface area contributed by atoms with E-state index in [9.17, 15) is 14.2 Å². The molecule has 0 fully saturated rings. The first-order valence-electron chi connectivity index (χ1n) is 21.9. The first kappa shape index (κ1) is 53.2. The molecule has 0 saturated carbocycles. The fourth-order valence-electron chi connectivity index (χ4n) is 5.61. The number of hydrogen-bond acceptors (Lipinski definition) is 6. The minimum Gasteiger partial charge on any atom is -0.462 e. The van der Waals surface area contributed by atoms with E-state index in [4.69, 9.17) is 19.3 Å². The van der Waals surface area contributed by atoms with Crippen LogP contribution in [-0.4, -0.2) is 41.0 Å². The van der Waals surface area contributed by atoms with Gasteiger partial charge in [0.2, 0.25) is 0 Å². The molecule has 0 heterocycles. The van der Waals surface area contributed by atoms with Crippen LogP contribution in [0.1, 0.15) is 181 Å². The zero-order chi connectivity index (χ0) is 41.1. The zero-order valence-electron chi connectivity index (χ0n) is 35.3. The molecule has 1 atom stereocenters.